The summed E-state index contributed by atoms with van der Waals surface area (Å²) in [6.07, 6.45) is 2.04. The molecule has 4 nitrogen and oxygen atoms in total. The molecule has 2 fully saturated rings. The maximum Gasteiger partial charge on any atom is 0.327 e. The molecule has 0 spiro atoms. The van der Waals surface area contributed by atoms with Crippen molar-refractivity contribution in [2.75, 3.05) is 39.0 Å². The van der Waals surface area contributed by atoms with Crippen LogP contribution in [0.3, 0.4) is 0 Å². The van der Waals surface area contributed by atoms with Crippen LogP contribution in [0.1, 0.15) is 19.8 Å². The van der Waals surface area contributed by atoms with E-state index in [0.29, 0.717) is 5.25 Å². The van der Waals surface area contributed by atoms with Gasteiger partial charge in [0.2, 0.25) is 0 Å². The predicted molar refractivity (Wildman–Crippen MR) is 70.3 cm³/mol. The number of piperazine rings is 1. The number of nitrogens with one attached hydrogen (secondary N) is 1. The minimum absolute atomic E-state index is 0.0425. The number of hydrogen-bond donors (Lipinski definition) is 1. The fourth-order valence-electron chi connectivity index (χ4n) is 3.00. The molecule has 2 heterocycles. The molecule has 0 saturated carbocycles. The number of thioether (sulfide) groups is 1. The molecular weight excluding hydrogens is 236 g/mol. The molecule has 0 bridgehead atoms. The van der Waals surface area contributed by atoms with Gasteiger partial charge in [-0.25, -0.2) is 0 Å². The highest BCUT2D eigenvalue weighted by Crippen LogP contribution is 2.39. The third kappa shape index (κ3) is 2.33. The molecule has 0 aromatic carbocycles. The maximum absolute atomic E-state index is 12.3. The van der Waals surface area contributed by atoms with Crippen molar-refractivity contribution in [1.82, 2.24) is 10.2 Å². The number of nitrogens with zero attached hydrogens (tertiary/aromatic N) is 1. The van der Waals surface area contributed by atoms with Crippen LogP contribution in [-0.2, 0) is 9.53 Å². The quantitative estimate of drug-likeness (QED) is 0.739. The lowest BCUT2D eigenvalue weighted by atomic mass is 9.86. The second kappa shape index (κ2) is 5.59. The lowest BCUT2D eigenvalue weighted by molar-refractivity contribution is -0.156. The van der Waals surface area contributed by atoms with Crippen LogP contribution in [0, 0.1) is 0 Å². The van der Waals surface area contributed by atoms with Gasteiger partial charge in [0, 0.05) is 31.4 Å². The van der Waals surface area contributed by atoms with Crippen molar-refractivity contribution < 1.29 is 9.53 Å². The van der Waals surface area contributed by atoms with Gasteiger partial charge in [0.15, 0.2) is 0 Å². The smallest absolute Gasteiger partial charge is 0.327 e. The Balaban J connectivity index is 2.24. The molecule has 5 heteroatoms. The van der Waals surface area contributed by atoms with E-state index in [4.69, 9.17) is 4.74 Å². The first-order valence-corrected chi connectivity index (χ1v) is 7.42. The standard InChI is InChI=1S/C12H22N2O2S/c1-10-12(11(15)16-2,4-3-9-17-10)14-7-5-13-6-8-14/h10,13H,3-9H2,1-2H3. The van der Waals surface area contributed by atoms with Crippen molar-refractivity contribution in [3.63, 3.8) is 0 Å². The summed E-state index contributed by atoms with van der Waals surface area (Å²) in [7, 11) is 1.51. The number of methoxy groups -OCH3 is 1. The molecule has 0 aromatic rings. The number of carbonyl (C=O) groups is 1. The lowest BCUT2D eigenvalue weighted by Crippen LogP contribution is -2.65. The highest BCUT2D eigenvalue weighted by atomic mass is 32.2. The third-order valence-electron chi connectivity index (χ3n) is 3.96. The Morgan fingerprint density at radius 1 is 1.47 bits per heavy atom. The van der Waals surface area contributed by atoms with Crippen molar-refractivity contribution >= 4 is 17.7 Å². The summed E-state index contributed by atoms with van der Waals surface area (Å²) in [5.41, 5.74) is -0.389. The van der Waals surface area contributed by atoms with Crippen LogP contribution in [0.15, 0.2) is 0 Å². The molecule has 2 aliphatic rings. The van der Waals surface area contributed by atoms with E-state index in [1.807, 2.05) is 11.8 Å². The monoisotopic (exact) mass is 258 g/mol. The summed E-state index contributed by atoms with van der Waals surface area (Å²) in [5, 5.41) is 3.66. The normalized spacial score (nSPS) is 35.5. The summed E-state index contributed by atoms with van der Waals surface area (Å²) < 4.78 is 5.10. The molecule has 1 N–H and O–H groups in total. The van der Waals surface area contributed by atoms with Crippen LogP contribution in [-0.4, -0.2) is 60.7 Å². The van der Waals surface area contributed by atoms with Crippen LogP contribution in [0.2, 0.25) is 0 Å². The van der Waals surface area contributed by atoms with Crippen LogP contribution in [0.5, 0.6) is 0 Å². The van der Waals surface area contributed by atoms with E-state index in [-0.39, 0.29) is 11.5 Å². The van der Waals surface area contributed by atoms with Gasteiger partial charge < -0.3 is 10.1 Å². The Bertz CT molecular complexity index is 282. The number of hydrogen-bond acceptors (Lipinski definition) is 5. The third-order valence-corrected chi connectivity index (χ3v) is 5.38. The Hall–Kier alpha value is -0.260. The first-order chi connectivity index (χ1) is 8.21. The van der Waals surface area contributed by atoms with Crippen molar-refractivity contribution in [3.05, 3.63) is 0 Å². The van der Waals surface area contributed by atoms with E-state index in [0.717, 1.165) is 44.8 Å². The molecule has 0 aliphatic carbocycles. The second-order valence-electron chi connectivity index (χ2n) is 4.77. The zero-order valence-electron chi connectivity index (χ0n) is 10.7. The summed E-state index contributed by atoms with van der Waals surface area (Å²) in [5.74, 6) is 1.12. The molecule has 0 aromatic heterocycles. The number of rotatable bonds is 2. The van der Waals surface area contributed by atoms with Gasteiger partial charge in [-0.1, -0.05) is 6.92 Å². The van der Waals surface area contributed by atoms with Crippen molar-refractivity contribution in [2.24, 2.45) is 0 Å². The fourth-order valence-corrected chi connectivity index (χ4v) is 4.30. The van der Waals surface area contributed by atoms with E-state index >= 15 is 0 Å². The summed E-state index contributed by atoms with van der Waals surface area (Å²) in [6.45, 7) is 6.00. The van der Waals surface area contributed by atoms with Gasteiger partial charge in [0.05, 0.1) is 7.11 Å². The Morgan fingerprint density at radius 2 is 2.18 bits per heavy atom. The molecule has 17 heavy (non-hydrogen) atoms. The second-order valence-corrected chi connectivity index (χ2v) is 6.22. The lowest BCUT2D eigenvalue weighted by Gasteiger charge is -2.48. The molecular formula is C12H22N2O2S. The first-order valence-electron chi connectivity index (χ1n) is 6.37. The largest absolute Gasteiger partial charge is 0.468 e. The van der Waals surface area contributed by atoms with Crippen LogP contribution >= 0.6 is 11.8 Å². The molecule has 0 amide bonds. The Morgan fingerprint density at radius 3 is 2.76 bits per heavy atom. The SMILES string of the molecule is COC(=O)C1(N2CCNCC2)CCCSC1C. The van der Waals surface area contributed by atoms with Crippen molar-refractivity contribution in [1.29, 1.82) is 0 Å². The minimum Gasteiger partial charge on any atom is -0.468 e. The van der Waals surface area contributed by atoms with Gasteiger partial charge in [-0.15, -0.1) is 0 Å². The van der Waals surface area contributed by atoms with Gasteiger partial charge >= 0.3 is 5.97 Å². The molecule has 0 radical (unpaired) electrons. The average molecular weight is 258 g/mol. The number of carbonyl (C=O) groups excluding carboxylic acids is 1. The van der Waals surface area contributed by atoms with Gasteiger partial charge in [0.25, 0.3) is 0 Å². The van der Waals surface area contributed by atoms with E-state index in [2.05, 4.69) is 17.1 Å². The highest BCUT2D eigenvalue weighted by molar-refractivity contribution is 8.00. The minimum atomic E-state index is -0.389. The Kier molecular flexibility index (Phi) is 4.33. The van der Waals surface area contributed by atoms with Crippen LogP contribution in [0.4, 0.5) is 0 Å². The van der Waals surface area contributed by atoms with Gasteiger partial charge in [-0.05, 0) is 18.6 Å². The zero-order valence-corrected chi connectivity index (χ0v) is 11.5. The van der Waals surface area contributed by atoms with E-state index in [9.17, 15) is 4.79 Å². The fraction of sp³-hybridized carbons (Fsp3) is 0.917. The summed E-state index contributed by atoms with van der Waals surface area (Å²) in [4.78, 5) is 14.6. The van der Waals surface area contributed by atoms with Crippen LogP contribution in [0.25, 0.3) is 0 Å². The Labute approximate surface area is 107 Å². The molecule has 2 saturated heterocycles. The van der Waals surface area contributed by atoms with Crippen LogP contribution < -0.4 is 5.32 Å². The maximum atomic E-state index is 12.3. The van der Waals surface area contributed by atoms with Gasteiger partial charge in [-0.2, -0.15) is 11.8 Å². The molecule has 2 unspecified atom stereocenters. The van der Waals surface area contributed by atoms with E-state index in [1.165, 1.54) is 7.11 Å². The molecule has 2 rings (SSSR count). The van der Waals surface area contributed by atoms with Crippen molar-refractivity contribution in [3.8, 4) is 0 Å². The first kappa shape index (κ1) is 13.2. The number of ether oxygens (including phenoxy) is 1. The topological polar surface area (TPSA) is 41.6 Å². The van der Waals surface area contributed by atoms with Gasteiger partial charge in [0.1, 0.15) is 5.54 Å². The highest BCUT2D eigenvalue weighted by Gasteiger charge is 2.51. The van der Waals surface area contributed by atoms with Gasteiger partial charge in [-0.3, -0.25) is 9.69 Å². The zero-order chi connectivity index (χ0) is 12.3. The summed E-state index contributed by atoms with van der Waals surface area (Å²) in [6, 6.07) is 0. The predicted octanol–water partition coefficient (Wildman–Crippen LogP) is 0.719. The average Bonchev–Trinajstić information content (AvgIpc) is 2.39. The number of esters is 1. The van der Waals surface area contributed by atoms with E-state index in [1.54, 1.807) is 0 Å². The van der Waals surface area contributed by atoms with E-state index < -0.39 is 0 Å². The molecule has 2 atom stereocenters. The summed E-state index contributed by atoms with van der Waals surface area (Å²) >= 11 is 1.90. The molecule has 2 aliphatic heterocycles. The molecule has 98 valence electrons. The van der Waals surface area contributed by atoms with Crippen molar-refractivity contribution in [2.45, 2.75) is 30.6 Å².